The Balaban J connectivity index is 1.77. The van der Waals surface area contributed by atoms with Crippen LogP contribution in [0.25, 0.3) is 0 Å². The molecule has 2 nitrogen and oxygen atoms in total. The predicted octanol–water partition coefficient (Wildman–Crippen LogP) is 3.31. The van der Waals surface area contributed by atoms with Gasteiger partial charge in [-0.1, -0.05) is 44.2 Å². The van der Waals surface area contributed by atoms with Gasteiger partial charge in [-0.3, -0.25) is 4.79 Å². The van der Waals surface area contributed by atoms with Gasteiger partial charge in [-0.05, 0) is 30.9 Å². The standard InChI is InChI=1S/C17H25NO/c1-17(2,15-6-4-3-5-7-15)13-18-12-14-8-10-16(19)11-9-14/h3-7,14,18H,8-13H2,1-2H3. The molecule has 0 bridgehead atoms. The van der Waals surface area contributed by atoms with E-state index in [0.29, 0.717) is 11.7 Å². The highest BCUT2D eigenvalue weighted by atomic mass is 16.1. The number of hydrogen-bond acceptors (Lipinski definition) is 2. The van der Waals surface area contributed by atoms with Gasteiger partial charge in [-0.25, -0.2) is 0 Å². The molecule has 0 radical (unpaired) electrons. The van der Waals surface area contributed by atoms with Crippen LogP contribution >= 0.6 is 0 Å². The first kappa shape index (κ1) is 14.3. The number of ketones is 1. The Bertz CT molecular complexity index is 401. The second-order valence-corrected chi connectivity index (χ2v) is 6.36. The molecule has 1 aliphatic carbocycles. The van der Waals surface area contributed by atoms with Gasteiger partial charge in [0.1, 0.15) is 5.78 Å². The Labute approximate surface area is 116 Å². The lowest BCUT2D eigenvalue weighted by Gasteiger charge is -2.28. The smallest absolute Gasteiger partial charge is 0.132 e. The summed E-state index contributed by atoms with van der Waals surface area (Å²) in [5.74, 6) is 1.13. The average molecular weight is 259 g/mol. The number of carbonyl (C=O) groups excluding carboxylic acids is 1. The van der Waals surface area contributed by atoms with E-state index in [1.165, 1.54) is 5.56 Å². The van der Waals surface area contributed by atoms with Crippen LogP contribution in [0, 0.1) is 5.92 Å². The lowest BCUT2D eigenvalue weighted by molar-refractivity contribution is -0.120. The van der Waals surface area contributed by atoms with Crippen LogP contribution in [0.2, 0.25) is 0 Å². The van der Waals surface area contributed by atoms with E-state index in [1.54, 1.807) is 0 Å². The van der Waals surface area contributed by atoms with E-state index >= 15 is 0 Å². The van der Waals surface area contributed by atoms with Crippen LogP contribution in [0.4, 0.5) is 0 Å². The first-order valence-corrected chi connectivity index (χ1v) is 7.36. The molecule has 0 aromatic heterocycles. The van der Waals surface area contributed by atoms with Crippen LogP contribution in [0.3, 0.4) is 0 Å². The van der Waals surface area contributed by atoms with Gasteiger partial charge in [0.05, 0.1) is 0 Å². The van der Waals surface area contributed by atoms with Gasteiger partial charge in [-0.2, -0.15) is 0 Å². The monoisotopic (exact) mass is 259 g/mol. The molecule has 0 amide bonds. The molecule has 19 heavy (non-hydrogen) atoms. The molecule has 1 aliphatic rings. The fourth-order valence-electron chi connectivity index (χ4n) is 2.78. The third kappa shape index (κ3) is 4.17. The maximum absolute atomic E-state index is 11.2. The van der Waals surface area contributed by atoms with Crippen molar-refractivity contribution in [3.63, 3.8) is 0 Å². The van der Waals surface area contributed by atoms with E-state index in [0.717, 1.165) is 38.8 Å². The van der Waals surface area contributed by atoms with Crippen molar-refractivity contribution >= 4 is 5.78 Å². The van der Waals surface area contributed by atoms with Crippen LogP contribution in [-0.4, -0.2) is 18.9 Å². The molecule has 1 fully saturated rings. The fraction of sp³-hybridized carbons (Fsp3) is 0.588. The zero-order valence-electron chi connectivity index (χ0n) is 12.1. The molecular weight excluding hydrogens is 234 g/mol. The predicted molar refractivity (Wildman–Crippen MR) is 79.3 cm³/mol. The molecule has 0 aliphatic heterocycles. The summed E-state index contributed by atoms with van der Waals surface area (Å²) in [5.41, 5.74) is 1.53. The summed E-state index contributed by atoms with van der Waals surface area (Å²) in [7, 11) is 0. The van der Waals surface area contributed by atoms with E-state index < -0.39 is 0 Å². The third-order valence-electron chi connectivity index (χ3n) is 4.22. The molecule has 1 N–H and O–H groups in total. The Morgan fingerprint density at radius 1 is 1.16 bits per heavy atom. The lowest BCUT2D eigenvalue weighted by atomic mass is 9.84. The second-order valence-electron chi connectivity index (χ2n) is 6.36. The van der Waals surface area contributed by atoms with Crippen molar-refractivity contribution in [2.24, 2.45) is 5.92 Å². The number of rotatable bonds is 5. The number of carbonyl (C=O) groups is 1. The topological polar surface area (TPSA) is 29.1 Å². The molecule has 1 aromatic rings. The third-order valence-corrected chi connectivity index (χ3v) is 4.22. The first-order chi connectivity index (χ1) is 9.08. The SMILES string of the molecule is CC(C)(CNCC1CCC(=O)CC1)c1ccccc1. The molecule has 0 saturated heterocycles. The number of benzene rings is 1. The molecule has 2 heteroatoms. The summed E-state index contributed by atoms with van der Waals surface area (Å²) in [6, 6.07) is 10.7. The van der Waals surface area contributed by atoms with Gasteiger partial charge >= 0.3 is 0 Å². The van der Waals surface area contributed by atoms with Crippen LogP contribution in [-0.2, 0) is 10.2 Å². The Morgan fingerprint density at radius 2 is 1.79 bits per heavy atom. The van der Waals surface area contributed by atoms with Gasteiger partial charge in [0, 0.05) is 24.8 Å². The highest BCUT2D eigenvalue weighted by molar-refractivity contribution is 5.79. The average Bonchev–Trinajstić information content (AvgIpc) is 2.42. The second kappa shape index (κ2) is 6.33. The van der Waals surface area contributed by atoms with Crippen LogP contribution in [0.1, 0.15) is 45.1 Å². The van der Waals surface area contributed by atoms with Gasteiger partial charge in [0.2, 0.25) is 0 Å². The van der Waals surface area contributed by atoms with E-state index in [1.807, 2.05) is 0 Å². The van der Waals surface area contributed by atoms with Crippen molar-refractivity contribution < 1.29 is 4.79 Å². The minimum Gasteiger partial charge on any atom is -0.316 e. The molecule has 0 atom stereocenters. The first-order valence-electron chi connectivity index (χ1n) is 7.36. The van der Waals surface area contributed by atoms with E-state index in [9.17, 15) is 4.79 Å². The zero-order valence-corrected chi connectivity index (χ0v) is 12.1. The van der Waals surface area contributed by atoms with Crippen molar-refractivity contribution in [1.82, 2.24) is 5.32 Å². The molecule has 0 spiro atoms. The Hall–Kier alpha value is -1.15. The van der Waals surface area contributed by atoms with Gasteiger partial charge in [0.25, 0.3) is 0 Å². The highest BCUT2D eigenvalue weighted by Crippen LogP contribution is 2.23. The largest absolute Gasteiger partial charge is 0.316 e. The quantitative estimate of drug-likeness (QED) is 0.879. The lowest BCUT2D eigenvalue weighted by Crippen LogP contribution is -2.36. The summed E-state index contributed by atoms with van der Waals surface area (Å²) >= 11 is 0. The highest BCUT2D eigenvalue weighted by Gasteiger charge is 2.22. The molecule has 104 valence electrons. The Morgan fingerprint density at radius 3 is 2.42 bits per heavy atom. The summed E-state index contributed by atoms with van der Waals surface area (Å²) < 4.78 is 0. The molecular formula is C17H25NO. The maximum Gasteiger partial charge on any atom is 0.132 e. The van der Waals surface area contributed by atoms with Crippen molar-refractivity contribution in [1.29, 1.82) is 0 Å². The summed E-state index contributed by atoms with van der Waals surface area (Å²) in [5, 5.41) is 3.60. The van der Waals surface area contributed by atoms with Gasteiger partial charge in [0.15, 0.2) is 0 Å². The minimum absolute atomic E-state index is 0.158. The molecule has 0 unspecified atom stereocenters. The molecule has 1 saturated carbocycles. The van der Waals surface area contributed by atoms with Crippen LogP contribution in [0.15, 0.2) is 30.3 Å². The summed E-state index contributed by atoms with van der Waals surface area (Å²) in [6.07, 6.45) is 3.71. The van der Waals surface area contributed by atoms with E-state index in [-0.39, 0.29) is 5.41 Å². The Kier molecular flexibility index (Phi) is 4.76. The summed E-state index contributed by atoms with van der Waals surface area (Å²) in [6.45, 7) is 6.59. The van der Waals surface area contributed by atoms with Crippen molar-refractivity contribution in [2.75, 3.05) is 13.1 Å². The maximum atomic E-state index is 11.2. The molecule has 0 heterocycles. The number of Topliss-reactive ketones (excluding diaryl/α,β-unsaturated/α-hetero) is 1. The van der Waals surface area contributed by atoms with Crippen molar-refractivity contribution in [3.8, 4) is 0 Å². The van der Waals surface area contributed by atoms with Gasteiger partial charge < -0.3 is 5.32 Å². The van der Waals surface area contributed by atoms with E-state index in [4.69, 9.17) is 0 Å². The zero-order chi connectivity index (χ0) is 13.7. The van der Waals surface area contributed by atoms with Gasteiger partial charge in [-0.15, -0.1) is 0 Å². The number of nitrogens with one attached hydrogen (secondary N) is 1. The molecule has 2 rings (SSSR count). The van der Waals surface area contributed by atoms with Crippen LogP contribution < -0.4 is 5.32 Å². The van der Waals surface area contributed by atoms with E-state index in [2.05, 4.69) is 49.5 Å². The minimum atomic E-state index is 0.158. The van der Waals surface area contributed by atoms with Crippen LogP contribution in [0.5, 0.6) is 0 Å². The van der Waals surface area contributed by atoms with Crippen molar-refractivity contribution in [2.45, 2.75) is 44.9 Å². The normalized spacial score (nSPS) is 17.7. The fourth-order valence-corrected chi connectivity index (χ4v) is 2.78. The number of hydrogen-bond donors (Lipinski definition) is 1. The summed E-state index contributed by atoms with van der Waals surface area (Å²) in [4.78, 5) is 11.2. The van der Waals surface area contributed by atoms with Crippen molar-refractivity contribution in [3.05, 3.63) is 35.9 Å². The molecule has 1 aromatic carbocycles.